The Bertz CT molecular complexity index is 1200. The van der Waals surface area contributed by atoms with Crippen molar-refractivity contribution in [3.05, 3.63) is 54.4 Å². The fourth-order valence-electron chi connectivity index (χ4n) is 4.27. The van der Waals surface area contributed by atoms with Crippen molar-refractivity contribution in [1.82, 2.24) is 19.8 Å². The van der Waals surface area contributed by atoms with Gasteiger partial charge < -0.3 is 10.3 Å². The van der Waals surface area contributed by atoms with E-state index in [1.54, 1.807) is 0 Å². The Morgan fingerprint density at radius 1 is 1.12 bits per heavy atom. The van der Waals surface area contributed by atoms with Crippen molar-refractivity contribution in [2.24, 2.45) is 0 Å². The molecule has 0 saturated carbocycles. The Kier molecular flexibility index (Phi) is 6.69. The average molecular weight is 434 g/mol. The van der Waals surface area contributed by atoms with E-state index in [-0.39, 0.29) is 6.10 Å². The van der Waals surface area contributed by atoms with Gasteiger partial charge in [0.15, 0.2) is 5.82 Å². The average Bonchev–Trinajstić information content (AvgIpc) is 3.13. The van der Waals surface area contributed by atoms with Crippen LogP contribution in [-0.2, 0) is 17.8 Å². The monoisotopic (exact) mass is 433 g/mol. The van der Waals surface area contributed by atoms with E-state index in [9.17, 15) is 5.21 Å². The first-order chi connectivity index (χ1) is 15.5. The summed E-state index contributed by atoms with van der Waals surface area (Å²) in [4.78, 5) is 14.9. The Morgan fingerprint density at radius 2 is 1.91 bits per heavy atom. The van der Waals surface area contributed by atoms with E-state index < -0.39 is 0 Å². The molecule has 0 aliphatic rings. The smallest absolute Gasteiger partial charge is 0.152 e. The maximum Gasteiger partial charge on any atom is 0.152 e. The van der Waals surface area contributed by atoms with Crippen molar-refractivity contribution in [1.29, 1.82) is 0 Å². The maximum absolute atomic E-state index is 9.29. The number of aromatic nitrogens is 3. The molecule has 0 amide bonds. The van der Waals surface area contributed by atoms with Crippen LogP contribution >= 0.6 is 0 Å². The van der Waals surface area contributed by atoms with Gasteiger partial charge in [0.1, 0.15) is 11.3 Å². The number of benzene rings is 2. The fraction of sp³-hybridized carbons (Fsp3) is 0.360. The van der Waals surface area contributed by atoms with Gasteiger partial charge in [-0.05, 0) is 43.4 Å². The van der Waals surface area contributed by atoms with Gasteiger partial charge in [0, 0.05) is 25.4 Å². The van der Waals surface area contributed by atoms with Crippen LogP contribution in [0.4, 0.5) is 5.82 Å². The van der Waals surface area contributed by atoms with Crippen molar-refractivity contribution in [2.75, 3.05) is 12.8 Å². The van der Waals surface area contributed by atoms with E-state index in [0.717, 1.165) is 76.3 Å². The van der Waals surface area contributed by atoms with Crippen LogP contribution in [0.2, 0.25) is 0 Å². The molecular formula is C25H31N5O2. The summed E-state index contributed by atoms with van der Waals surface area (Å²) in [6.07, 6.45) is 3.51. The second-order valence-electron chi connectivity index (χ2n) is 8.24. The first-order valence-corrected chi connectivity index (χ1v) is 11.2. The lowest BCUT2D eigenvalue weighted by atomic mass is 10.0. The summed E-state index contributed by atoms with van der Waals surface area (Å²) in [6.45, 7) is 4.91. The molecule has 0 radical (unpaired) electrons. The Labute approximate surface area is 188 Å². The van der Waals surface area contributed by atoms with Crippen LogP contribution < -0.4 is 5.73 Å². The summed E-state index contributed by atoms with van der Waals surface area (Å²) in [5.74, 6) is 1.50. The van der Waals surface area contributed by atoms with Crippen LogP contribution in [0.5, 0.6) is 0 Å². The van der Waals surface area contributed by atoms with Gasteiger partial charge in [-0.25, -0.2) is 9.97 Å². The zero-order valence-electron chi connectivity index (χ0n) is 19.0. The lowest BCUT2D eigenvalue weighted by Crippen LogP contribution is -2.21. The van der Waals surface area contributed by atoms with Crippen LogP contribution in [0.3, 0.4) is 0 Å². The lowest BCUT2D eigenvalue weighted by molar-refractivity contribution is -0.343. The Morgan fingerprint density at radius 3 is 2.62 bits per heavy atom. The minimum Gasteiger partial charge on any atom is -0.382 e. The summed E-state index contributed by atoms with van der Waals surface area (Å²) in [5.41, 5.74) is 11.3. The molecule has 32 heavy (non-hydrogen) atoms. The normalized spacial score (nSPS) is 12.8. The fourth-order valence-corrected chi connectivity index (χ4v) is 4.27. The molecule has 3 N–H and O–H groups in total. The number of pyridine rings is 1. The molecule has 168 valence electrons. The van der Waals surface area contributed by atoms with Gasteiger partial charge in [-0.15, -0.1) is 0 Å². The Hall–Kier alpha value is -3.00. The highest BCUT2D eigenvalue weighted by Gasteiger charge is 2.18. The number of hydroxylamine groups is 2. The number of anilines is 1. The number of nitrogens with two attached hydrogens (primary N) is 1. The number of fused-ring (bicyclic) bond motifs is 3. The first-order valence-electron chi connectivity index (χ1n) is 11.2. The minimum atomic E-state index is -0.0775. The summed E-state index contributed by atoms with van der Waals surface area (Å²) >= 11 is 0. The largest absolute Gasteiger partial charge is 0.382 e. The Balaban J connectivity index is 1.75. The van der Waals surface area contributed by atoms with Crippen molar-refractivity contribution in [3.63, 3.8) is 0 Å². The molecule has 2 aromatic carbocycles. The summed E-state index contributed by atoms with van der Waals surface area (Å²) in [7, 11) is 1.48. The molecule has 4 aromatic rings. The molecule has 2 aromatic heterocycles. The van der Waals surface area contributed by atoms with Gasteiger partial charge in [0.25, 0.3) is 0 Å². The molecule has 0 fully saturated rings. The van der Waals surface area contributed by atoms with Gasteiger partial charge in [-0.2, -0.15) is 0 Å². The number of imidazole rings is 1. The number of hydrogen-bond acceptors (Lipinski definition) is 6. The third kappa shape index (κ3) is 4.60. The van der Waals surface area contributed by atoms with Gasteiger partial charge in [0.05, 0.1) is 17.1 Å². The quantitative estimate of drug-likeness (QED) is 0.352. The maximum atomic E-state index is 9.29. The molecule has 7 heteroatoms. The van der Waals surface area contributed by atoms with E-state index in [0.29, 0.717) is 5.82 Å². The summed E-state index contributed by atoms with van der Waals surface area (Å²) in [5, 5.41) is 11.1. The molecule has 0 aliphatic heterocycles. The van der Waals surface area contributed by atoms with Crippen LogP contribution in [0.15, 0.2) is 48.5 Å². The van der Waals surface area contributed by atoms with E-state index >= 15 is 0 Å². The van der Waals surface area contributed by atoms with Gasteiger partial charge in [-0.1, -0.05) is 54.6 Å². The number of nitrogen functional groups attached to an aromatic ring is 1. The highest BCUT2D eigenvalue weighted by atomic mass is 16.9. The first kappa shape index (κ1) is 22.2. The van der Waals surface area contributed by atoms with E-state index in [1.165, 1.54) is 7.05 Å². The van der Waals surface area contributed by atoms with Crippen molar-refractivity contribution >= 4 is 27.8 Å². The third-order valence-corrected chi connectivity index (χ3v) is 5.69. The molecule has 2 heterocycles. The molecule has 1 unspecified atom stereocenters. The molecule has 4 rings (SSSR count). The topological polar surface area (TPSA) is 89.4 Å². The number of rotatable bonds is 9. The molecule has 0 aliphatic carbocycles. The number of aryl methyl sites for hydroxylation is 2. The highest BCUT2D eigenvalue weighted by molar-refractivity contribution is 6.07. The standard InChI is InChI=1S/C25H31N5O2/c1-4-9-22-28-23-24(30(22)15-8-10-17(2)32-29(3)31)20-14-13-19(16-21(20)27-25(23)26)18-11-6-5-7-12-18/h5-7,11-14,16-17,31H,4,8-10,15H2,1-3H3,(H2,26,27). The van der Waals surface area contributed by atoms with Gasteiger partial charge >= 0.3 is 0 Å². The van der Waals surface area contributed by atoms with Crippen molar-refractivity contribution < 1.29 is 10.0 Å². The SMILES string of the molecule is CCCc1nc2c(N)nc3cc(-c4ccccc4)ccc3c2n1CCCC(C)ON(C)O. The number of nitrogens with zero attached hydrogens (tertiary/aromatic N) is 4. The minimum absolute atomic E-state index is 0.0775. The molecule has 0 spiro atoms. The highest BCUT2D eigenvalue weighted by Crippen LogP contribution is 2.32. The van der Waals surface area contributed by atoms with Crippen LogP contribution in [0, 0.1) is 0 Å². The second-order valence-corrected chi connectivity index (χ2v) is 8.24. The predicted octanol–water partition coefficient (Wildman–Crippen LogP) is 5.21. The van der Waals surface area contributed by atoms with Crippen LogP contribution in [0.1, 0.15) is 38.9 Å². The predicted molar refractivity (Wildman–Crippen MR) is 128 cm³/mol. The van der Waals surface area contributed by atoms with E-state index in [2.05, 4.69) is 41.8 Å². The van der Waals surface area contributed by atoms with Crippen molar-refractivity contribution in [3.8, 4) is 11.1 Å². The molecule has 0 saturated heterocycles. The zero-order chi connectivity index (χ0) is 22.7. The molecule has 7 nitrogen and oxygen atoms in total. The van der Waals surface area contributed by atoms with Crippen molar-refractivity contribution in [2.45, 2.75) is 52.2 Å². The lowest BCUT2D eigenvalue weighted by Gasteiger charge is -2.17. The molecule has 0 bridgehead atoms. The summed E-state index contributed by atoms with van der Waals surface area (Å²) in [6, 6.07) is 16.7. The third-order valence-electron chi connectivity index (χ3n) is 5.69. The van der Waals surface area contributed by atoms with Crippen LogP contribution in [0.25, 0.3) is 33.1 Å². The van der Waals surface area contributed by atoms with E-state index in [1.807, 2.05) is 25.1 Å². The second kappa shape index (κ2) is 9.65. The number of hydrogen-bond donors (Lipinski definition) is 2. The van der Waals surface area contributed by atoms with Gasteiger partial charge in [-0.3, -0.25) is 10.0 Å². The molecular weight excluding hydrogens is 402 g/mol. The van der Waals surface area contributed by atoms with Crippen LogP contribution in [-0.4, -0.2) is 38.1 Å². The van der Waals surface area contributed by atoms with E-state index in [4.69, 9.17) is 20.5 Å². The molecule has 1 atom stereocenters. The van der Waals surface area contributed by atoms with Gasteiger partial charge in [0.2, 0.25) is 0 Å². The summed E-state index contributed by atoms with van der Waals surface area (Å²) < 4.78 is 2.29. The zero-order valence-corrected chi connectivity index (χ0v) is 19.0.